The van der Waals surface area contributed by atoms with Crippen LogP contribution in [0.15, 0.2) is 42.5 Å². The third kappa shape index (κ3) is 6.04. The second kappa shape index (κ2) is 9.35. The van der Waals surface area contributed by atoms with Gasteiger partial charge in [0.25, 0.3) is 0 Å². The molecular weight excluding hydrogens is 362 g/mol. The van der Waals surface area contributed by atoms with E-state index in [4.69, 9.17) is 5.11 Å². The van der Waals surface area contributed by atoms with Gasteiger partial charge in [0, 0.05) is 6.07 Å². The zero-order chi connectivity index (χ0) is 19.2. The molecule has 0 heterocycles. The van der Waals surface area contributed by atoms with Crippen LogP contribution in [-0.2, 0) is 10.9 Å². The number of halogens is 4. The third-order valence-electron chi connectivity index (χ3n) is 2.78. The number of carbonyl (C=O) groups is 1. The highest BCUT2D eigenvalue weighted by Crippen LogP contribution is 2.32. The first kappa shape index (κ1) is 22.8. The van der Waals surface area contributed by atoms with E-state index >= 15 is 0 Å². The van der Waals surface area contributed by atoms with Gasteiger partial charge in [-0.25, -0.2) is 4.79 Å². The minimum Gasteiger partial charge on any atom is -0.507 e. The van der Waals surface area contributed by atoms with E-state index < -0.39 is 34.1 Å². The number of nitrogens with zero attached hydrogens (tertiary/aromatic N) is 1. The lowest BCUT2D eigenvalue weighted by atomic mass is 10.2. The predicted molar refractivity (Wildman–Crippen MR) is 84.2 cm³/mol. The summed E-state index contributed by atoms with van der Waals surface area (Å²) in [5.41, 5.74) is -2.24. The molecule has 0 atom stereocenters. The largest absolute Gasteiger partial charge is 0.507 e. The Labute approximate surface area is 145 Å². The fourth-order valence-corrected chi connectivity index (χ4v) is 1.59. The number of methoxy groups -OCH3 is 1. The second-order valence-electron chi connectivity index (χ2n) is 4.43. The minimum atomic E-state index is -4.71. The Morgan fingerprint density at radius 1 is 1.19 bits per heavy atom. The third-order valence-corrected chi connectivity index (χ3v) is 2.78. The van der Waals surface area contributed by atoms with Crippen LogP contribution >= 0.6 is 0 Å². The summed E-state index contributed by atoms with van der Waals surface area (Å²) in [6.45, 7) is 0. The number of rotatable bonds is 2. The van der Waals surface area contributed by atoms with Gasteiger partial charge < -0.3 is 9.84 Å². The molecule has 0 aliphatic heterocycles. The standard InChI is InChI=1S/C8H8O3.C7H3F4NO2.CH4/c1-11-8(10)6-4-2-3-5-7(6)9;8-5-2-1-4(7(9,10)11)3-6(5)12(13)14;/h2-5,9H,1H3;1-3H;1H4. The van der Waals surface area contributed by atoms with Crippen LogP contribution in [0.25, 0.3) is 0 Å². The van der Waals surface area contributed by atoms with Gasteiger partial charge in [0.1, 0.15) is 11.3 Å². The number of carbonyl (C=O) groups excluding carboxylic acids is 1. The molecule has 0 bridgehead atoms. The van der Waals surface area contributed by atoms with Gasteiger partial charge in [-0.1, -0.05) is 19.6 Å². The number of nitro benzene ring substituents is 1. The maximum Gasteiger partial charge on any atom is 0.416 e. The summed E-state index contributed by atoms with van der Waals surface area (Å²) in [4.78, 5) is 19.7. The van der Waals surface area contributed by atoms with Gasteiger partial charge in [-0.15, -0.1) is 0 Å². The molecule has 1 N–H and O–H groups in total. The minimum absolute atomic E-state index is 0. The molecule has 0 saturated heterocycles. The number of hydrogen-bond acceptors (Lipinski definition) is 5. The molecule has 0 unspecified atom stereocenters. The van der Waals surface area contributed by atoms with E-state index in [0.29, 0.717) is 12.1 Å². The topological polar surface area (TPSA) is 89.7 Å². The Kier molecular flexibility index (Phi) is 8.21. The van der Waals surface area contributed by atoms with E-state index in [1.165, 1.54) is 19.2 Å². The highest BCUT2D eigenvalue weighted by Gasteiger charge is 2.33. The molecule has 2 aromatic rings. The van der Waals surface area contributed by atoms with Crippen molar-refractivity contribution in [1.82, 2.24) is 0 Å². The lowest BCUT2D eigenvalue weighted by Crippen LogP contribution is -2.06. The van der Waals surface area contributed by atoms with Crippen LogP contribution in [0.4, 0.5) is 23.2 Å². The van der Waals surface area contributed by atoms with Gasteiger partial charge in [0.2, 0.25) is 5.82 Å². The summed E-state index contributed by atoms with van der Waals surface area (Å²) in [6, 6.07) is 7.26. The van der Waals surface area contributed by atoms with E-state index in [9.17, 15) is 32.5 Å². The summed E-state index contributed by atoms with van der Waals surface area (Å²) >= 11 is 0. The zero-order valence-corrected chi connectivity index (χ0v) is 12.6. The lowest BCUT2D eigenvalue weighted by Gasteiger charge is -2.05. The van der Waals surface area contributed by atoms with E-state index in [2.05, 4.69) is 4.74 Å². The van der Waals surface area contributed by atoms with Crippen molar-refractivity contribution in [2.75, 3.05) is 7.11 Å². The summed E-state index contributed by atoms with van der Waals surface area (Å²) in [5.74, 6) is -1.87. The Morgan fingerprint density at radius 3 is 2.23 bits per heavy atom. The fourth-order valence-electron chi connectivity index (χ4n) is 1.59. The maximum atomic E-state index is 12.6. The number of para-hydroxylation sites is 1. The first-order valence-corrected chi connectivity index (χ1v) is 6.45. The molecular formula is C16H15F4NO5. The second-order valence-corrected chi connectivity index (χ2v) is 4.43. The van der Waals surface area contributed by atoms with E-state index in [1.807, 2.05) is 0 Å². The van der Waals surface area contributed by atoms with Crippen LogP contribution in [0.1, 0.15) is 23.3 Å². The van der Waals surface area contributed by atoms with Crippen molar-refractivity contribution in [2.45, 2.75) is 13.6 Å². The Morgan fingerprint density at radius 2 is 1.77 bits per heavy atom. The van der Waals surface area contributed by atoms with Gasteiger partial charge in [-0.2, -0.15) is 17.6 Å². The molecule has 0 radical (unpaired) electrons. The Bertz CT molecular complexity index is 777. The molecule has 2 aromatic carbocycles. The monoisotopic (exact) mass is 377 g/mol. The van der Waals surface area contributed by atoms with Crippen molar-refractivity contribution in [1.29, 1.82) is 0 Å². The molecule has 0 aliphatic rings. The molecule has 6 nitrogen and oxygen atoms in total. The molecule has 10 heteroatoms. The predicted octanol–water partition coefficient (Wildman–Crippen LogP) is 4.57. The van der Waals surface area contributed by atoms with Crippen LogP contribution in [0, 0.1) is 15.9 Å². The molecule has 0 aromatic heterocycles. The van der Waals surface area contributed by atoms with Crippen molar-refractivity contribution in [3.8, 4) is 5.75 Å². The Hall–Kier alpha value is -3.17. The van der Waals surface area contributed by atoms with Gasteiger partial charge >= 0.3 is 17.8 Å². The number of nitro groups is 1. The highest BCUT2D eigenvalue weighted by molar-refractivity contribution is 5.92. The average molecular weight is 377 g/mol. The number of esters is 1. The maximum absolute atomic E-state index is 12.6. The normalized spacial score (nSPS) is 10.0. The van der Waals surface area contributed by atoms with Crippen molar-refractivity contribution in [3.05, 3.63) is 69.5 Å². The first-order valence-electron chi connectivity index (χ1n) is 6.45. The summed E-state index contributed by atoms with van der Waals surface area (Å²) in [5, 5.41) is 19.2. The molecule has 0 saturated carbocycles. The highest BCUT2D eigenvalue weighted by atomic mass is 19.4. The molecule has 26 heavy (non-hydrogen) atoms. The van der Waals surface area contributed by atoms with Crippen LogP contribution in [0.3, 0.4) is 0 Å². The zero-order valence-electron chi connectivity index (χ0n) is 12.6. The van der Waals surface area contributed by atoms with E-state index in [-0.39, 0.29) is 24.8 Å². The van der Waals surface area contributed by atoms with Crippen molar-refractivity contribution >= 4 is 11.7 Å². The quantitative estimate of drug-likeness (QED) is 0.358. The fraction of sp³-hybridized carbons (Fsp3) is 0.188. The lowest BCUT2D eigenvalue weighted by molar-refractivity contribution is -0.387. The molecule has 2 rings (SSSR count). The van der Waals surface area contributed by atoms with Crippen LogP contribution in [0.2, 0.25) is 0 Å². The van der Waals surface area contributed by atoms with Gasteiger partial charge in [-0.05, 0) is 24.3 Å². The Balaban J connectivity index is 0.000000475. The van der Waals surface area contributed by atoms with Crippen molar-refractivity contribution < 1.29 is 37.1 Å². The number of phenolic OH excluding ortho intramolecular Hbond substituents is 1. The summed E-state index contributed by atoms with van der Waals surface area (Å²) in [6.07, 6.45) is -4.71. The van der Waals surface area contributed by atoms with Crippen LogP contribution < -0.4 is 0 Å². The molecule has 142 valence electrons. The molecule has 0 amide bonds. The first-order chi connectivity index (χ1) is 11.6. The summed E-state index contributed by atoms with van der Waals surface area (Å²) in [7, 11) is 1.27. The SMILES string of the molecule is C.COC(=O)c1ccccc1O.O=[N+]([O-])c1cc(C(F)(F)F)ccc1F. The molecule has 0 fully saturated rings. The van der Waals surface area contributed by atoms with Crippen molar-refractivity contribution in [2.24, 2.45) is 0 Å². The van der Waals surface area contributed by atoms with Crippen molar-refractivity contribution in [3.63, 3.8) is 0 Å². The van der Waals surface area contributed by atoms with Gasteiger partial charge in [0.05, 0.1) is 17.6 Å². The number of hydrogen-bond donors (Lipinski definition) is 1. The average Bonchev–Trinajstić information content (AvgIpc) is 2.54. The van der Waals surface area contributed by atoms with Gasteiger partial charge in [-0.3, -0.25) is 10.1 Å². The number of ether oxygens (including phenoxy) is 1. The number of phenols is 1. The molecule has 0 aliphatic carbocycles. The number of aromatic hydroxyl groups is 1. The van der Waals surface area contributed by atoms with E-state index in [1.54, 1.807) is 12.1 Å². The van der Waals surface area contributed by atoms with E-state index in [0.717, 1.165) is 0 Å². The smallest absolute Gasteiger partial charge is 0.416 e. The summed E-state index contributed by atoms with van der Waals surface area (Å²) < 4.78 is 53.1. The number of benzene rings is 2. The van der Waals surface area contributed by atoms with Gasteiger partial charge in [0.15, 0.2) is 0 Å². The van der Waals surface area contributed by atoms with Crippen LogP contribution in [-0.4, -0.2) is 23.1 Å². The number of alkyl halides is 3. The van der Waals surface area contributed by atoms with Crippen LogP contribution in [0.5, 0.6) is 5.75 Å². The molecule has 0 spiro atoms.